The molecule has 112 valence electrons. The zero-order valence-corrected chi connectivity index (χ0v) is 13.2. The summed E-state index contributed by atoms with van der Waals surface area (Å²) < 4.78 is 0. The zero-order chi connectivity index (χ0) is 14.7. The lowest BCUT2D eigenvalue weighted by atomic mass is 9.96. The van der Waals surface area contributed by atoms with E-state index in [1.54, 1.807) is 11.3 Å². The second-order valence-corrected chi connectivity index (χ2v) is 7.17. The van der Waals surface area contributed by atoms with Gasteiger partial charge in [0.05, 0.1) is 18.7 Å². The van der Waals surface area contributed by atoms with Crippen LogP contribution < -0.4 is 10.2 Å². The van der Waals surface area contributed by atoms with Crippen molar-refractivity contribution < 1.29 is 9.69 Å². The first-order chi connectivity index (χ1) is 10.3. The molecule has 5 heteroatoms. The van der Waals surface area contributed by atoms with Crippen LogP contribution in [0.25, 0.3) is 0 Å². The number of thiophene rings is 1. The van der Waals surface area contributed by atoms with Gasteiger partial charge in [0.15, 0.2) is 6.54 Å². The lowest BCUT2D eigenvalue weighted by Crippen LogP contribution is -3.13. The van der Waals surface area contributed by atoms with Crippen molar-refractivity contribution in [1.29, 1.82) is 5.26 Å². The van der Waals surface area contributed by atoms with E-state index in [1.807, 2.05) is 0 Å². The molecule has 3 rings (SSSR count). The molecule has 1 aromatic heterocycles. The number of nitrogens with one attached hydrogen (secondary N) is 2. The molecule has 2 N–H and O–H groups in total. The minimum atomic E-state index is 0.0574. The van der Waals surface area contributed by atoms with Gasteiger partial charge in [-0.15, -0.1) is 11.3 Å². The summed E-state index contributed by atoms with van der Waals surface area (Å²) in [6.45, 7) is 2.73. The van der Waals surface area contributed by atoms with Gasteiger partial charge >= 0.3 is 0 Å². The minimum Gasteiger partial charge on any atom is -0.327 e. The van der Waals surface area contributed by atoms with Crippen LogP contribution in [0.1, 0.15) is 48.1 Å². The number of rotatable bonds is 3. The van der Waals surface area contributed by atoms with E-state index in [4.69, 9.17) is 0 Å². The molecule has 0 spiro atoms. The van der Waals surface area contributed by atoms with E-state index in [0.717, 1.165) is 42.9 Å². The summed E-state index contributed by atoms with van der Waals surface area (Å²) in [6, 6.07) is 2.30. The number of quaternary nitrogens is 1. The Hall–Kier alpha value is -1.38. The number of anilines is 1. The van der Waals surface area contributed by atoms with Crippen molar-refractivity contribution in [2.45, 2.75) is 44.9 Å². The number of hydrogen-bond donors (Lipinski definition) is 2. The standard InChI is InChI=1S/C16H21N3OS/c17-10-13-12-6-2-3-7-14(12)21-16(13)18-15(20)11-19-8-4-1-5-9-19/h1-9,11H2,(H,18,20)/p+1. The molecule has 0 saturated carbocycles. The van der Waals surface area contributed by atoms with Gasteiger partial charge in [-0.3, -0.25) is 4.79 Å². The molecule has 2 heterocycles. The Labute approximate surface area is 129 Å². The van der Waals surface area contributed by atoms with Crippen LogP contribution in [0.3, 0.4) is 0 Å². The number of carbonyl (C=O) groups is 1. The molecular formula is C16H22N3OS+. The number of hydrogen-bond acceptors (Lipinski definition) is 3. The average Bonchev–Trinajstić information content (AvgIpc) is 2.85. The predicted molar refractivity (Wildman–Crippen MR) is 83.7 cm³/mol. The topological polar surface area (TPSA) is 57.3 Å². The average molecular weight is 304 g/mol. The van der Waals surface area contributed by atoms with Gasteiger partial charge < -0.3 is 10.2 Å². The molecule has 0 unspecified atom stereocenters. The van der Waals surface area contributed by atoms with Crippen LogP contribution in [0.5, 0.6) is 0 Å². The Morgan fingerprint density at radius 3 is 2.71 bits per heavy atom. The van der Waals surface area contributed by atoms with Crippen LogP contribution >= 0.6 is 11.3 Å². The Morgan fingerprint density at radius 2 is 1.95 bits per heavy atom. The quantitative estimate of drug-likeness (QED) is 0.889. The van der Waals surface area contributed by atoms with Crippen molar-refractivity contribution in [3.8, 4) is 6.07 Å². The van der Waals surface area contributed by atoms with Crippen molar-refractivity contribution in [3.63, 3.8) is 0 Å². The van der Waals surface area contributed by atoms with E-state index in [9.17, 15) is 10.1 Å². The zero-order valence-electron chi connectivity index (χ0n) is 12.3. The van der Waals surface area contributed by atoms with Crippen LogP contribution in [0.2, 0.25) is 0 Å². The molecule has 0 bridgehead atoms. The Morgan fingerprint density at radius 1 is 1.19 bits per heavy atom. The van der Waals surface area contributed by atoms with Gasteiger partial charge in [-0.1, -0.05) is 0 Å². The third kappa shape index (κ3) is 3.28. The molecule has 1 aliphatic carbocycles. The molecule has 21 heavy (non-hydrogen) atoms. The minimum absolute atomic E-state index is 0.0574. The molecule has 4 nitrogen and oxygen atoms in total. The molecule has 1 aromatic rings. The van der Waals surface area contributed by atoms with Crippen LogP contribution in [0.15, 0.2) is 0 Å². The van der Waals surface area contributed by atoms with Crippen molar-refractivity contribution in [2.75, 3.05) is 25.0 Å². The maximum Gasteiger partial charge on any atom is 0.280 e. The number of amides is 1. The first-order valence-corrected chi connectivity index (χ1v) is 8.77. The second-order valence-electron chi connectivity index (χ2n) is 6.06. The SMILES string of the molecule is N#Cc1c(NC(=O)C[NH+]2CCCCC2)sc2c1CCCC2. The van der Waals surface area contributed by atoms with E-state index in [-0.39, 0.29) is 5.91 Å². The number of nitriles is 1. The van der Waals surface area contributed by atoms with Crippen molar-refractivity contribution >= 4 is 22.2 Å². The van der Waals surface area contributed by atoms with Crippen LogP contribution in [-0.2, 0) is 17.6 Å². The largest absolute Gasteiger partial charge is 0.327 e. The summed E-state index contributed by atoms with van der Waals surface area (Å²) in [5, 5.41) is 13.2. The Balaban J connectivity index is 1.68. The number of carbonyl (C=O) groups excluding carboxylic acids is 1. The van der Waals surface area contributed by atoms with Crippen LogP contribution in [0.4, 0.5) is 5.00 Å². The van der Waals surface area contributed by atoms with E-state index >= 15 is 0 Å². The van der Waals surface area contributed by atoms with Crippen molar-refractivity contribution in [1.82, 2.24) is 0 Å². The molecule has 0 radical (unpaired) electrons. The molecule has 2 aliphatic rings. The van der Waals surface area contributed by atoms with Gasteiger partial charge in [-0.2, -0.15) is 5.26 Å². The summed E-state index contributed by atoms with van der Waals surface area (Å²) in [6.07, 6.45) is 8.14. The van der Waals surface area contributed by atoms with E-state index < -0.39 is 0 Å². The number of aryl methyl sites for hydroxylation is 1. The van der Waals surface area contributed by atoms with Gasteiger partial charge in [0.2, 0.25) is 0 Å². The predicted octanol–water partition coefficient (Wildman–Crippen LogP) is 1.51. The van der Waals surface area contributed by atoms with Gasteiger partial charge in [-0.05, 0) is 50.5 Å². The number of piperidine rings is 1. The van der Waals surface area contributed by atoms with Gasteiger partial charge in [-0.25, -0.2) is 0 Å². The first-order valence-electron chi connectivity index (χ1n) is 7.96. The fourth-order valence-corrected chi connectivity index (χ4v) is 4.65. The van der Waals surface area contributed by atoms with Crippen molar-refractivity contribution in [2.24, 2.45) is 0 Å². The number of nitrogens with zero attached hydrogens (tertiary/aromatic N) is 1. The Kier molecular flexibility index (Phi) is 4.57. The second kappa shape index (κ2) is 6.59. The summed E-state index contributed by atoms with van der Waals surface area (Å²) in [7, 11) is 0. The van der Waals surface area contributed by atoms with Gasteiger partial charge in [0, 0.05) is 4.88 Å². The molecule has 0 aromatic carbocycles. The smallest absolute Gasteiger partial charge is 0.280 e. The summed E-state index contributed by atoms with van der Waals surface area (Å²) in [4.78, 5) is 14.9. The van der Waals surface area contributed by atoms with E-state index in [1.165, 1.54) is 41.0 Å². The summed E-state index contributed by atoms with van der Waals surface area (Å²) in [5.41, 5.74) is 1.91. The normalized spacial score (nSPS) is 18.8. The number of likely N-dealkylation sites (tertiary alicyclic amines) is 1. The van der Waals surface area contributed by atoms with Gasteiger partial charge in [0.25, 0.3) is 5.91 Å². The molecule has 1 aliphatic heterocycles. The Bertz CT molecular complexity index is 567. The molecule has 1 saturated heterocycles. The first kappa shape index (κ1) is 14.6. The maximum atomic E-state index is 12.2. The molecular weight excluding hydrogens is 282 g/mol. The molecule has 1 fully saturated rings. The molecule has 1 amide bonds. The van der Waals surface area contributed by atoms with E-state index in [0.29, 0.717) is 6.54 Å². The highest BCUT2D eigenvalue weighted by Crippen LogP contribution is 2.37. The van der Waals surface area contributed by atoms with Crippen molar-refractivity contribution in [3.05, 3.63) is 16.0 Å². The van der Waals surface area contributed by atoms with Gasteiger partial charge in [0.1, 0.15) is 11.1 Å². The molecule has 0 atom stereocenters. The highest BCUT2D eigenvalue weighted by Gasteiger charge is 2.23. The highest BCUT2D eigenvalue weighted by molar-refractivity contribution is 7.16. The summed E-state index contributed by atoms with van der Waals surface area (Å²) in [5.74, 6) is 0.0574. The monoisotopic (exact) mass is 304 g/mol. The van der Waals surface area contributed by atoms with Crippen LogP contribution in [-0.4, -0.2) is 25.5 Å². The maximum absolute atomic E-state index is 12.2. The fourth-order valence-electron chi connectivity index (χ4n) is 3.40. The lowest BCUT2D eigenvalue weighted by Gasteiger charge is -2.22. The fraction of sp³-hybridized carbons (Fsp3) is 0.625. The van der Waals surface area contributed by atoms with Crippen LogP contribution in [0, 0.1) is 11.3 Å². The third-order valence-corrected chi connectivity index (χ3v) is 5.71. The summed E-state index contributed by atoms with van der Waals surface area (Å²) >= 11 is 1.61. The highest BCUT2D eigenvalue weighted by atomic mass is 32.1. The third-order valence-electron chi connectivity index (χ3n) is 4.51. The lowest BCUT2D eigenvalue weighted by molar-refractivity contribution is -0.896. The van der Waals surface area contributed by atoms with E-state index in [2.05, 4.69) is 11.4 Å². The number of fused-ring (bicyclic) bond motifs is 1.